The van der Waals surface area contributed by atoms with E-state index in [1.807, 2.05) is 12.1 Å². The zero-order valence-electron chi connectivity index (χ0n) is 16.1. The molecule has 1 atom stereocenters. The van der Waals surface area contributed by atoms with Crippen LogP contribution in [0, 0.1) is 6.92 Å². The normalized spacial score (nSPS) is 17.6. The van der Waals surface area contributed by atoms with Crippen molar-refractivity contribution in [2.75, 3.05) is 25.4 Å². The Morgan fingerprint density at radius 2 is 2.04 bits per heavy atom. The number of aryl methyl sites for hydroxylation is 1. The van der Waals surface area contributed by atoms with Gasteiger partial charge in [0.25, 0.3) is 0 Å². The number of amides is 1. The Labute approximate surface area is 166 Å². The van der Waals surface area contributed by atoms with Gasteiger partial charge in [0, 0.05) is 31.1 Å². The van der Waals surface area contributed by atoms with Gasteiger partial charge in [0.2, 0.25) is 5.91 Å². The molecule has 2 aromatic carbocycles. The van der Waals surface area contributed by atoms with Gasteiger partial charge < -0.3 is 10.1 Å². The summed E-state index contributed by atoms with van der Waals surface area (Å²) >= 11 is 1.59. The summed E-state index contributed by atoms with van der Waals surface area (Å²) in [5, 5.41) is 3.03. The minimum absolute atomic E-state index is 0.0654. The first kappa shape index (κ1) is 19.9. The number of carbonyl (C=O) groups excluding carboxylic acids is 1. The predicted octanol–water partition coefficient (Wildman–Crippen LogP) is 3.62. The molecule has 0 radical (unpaired) electrons. The lowest BCUT2D eigenvalue weighted by atomic mass is 10.1. The van der Waals surface area contributed by atoms with Gasteiger partial charge in [0.1, 0.15) is 0 Å². The summed E-state index contributed by atoms with van der Waals surface area (Å²) in [6, 6.07) is 16.6. The van der Waals surface area contributed by atoms with E-state index >= 15 is 0 Å². The molecule has 0 saturated carbocycles. The molecule has 144 valence electrons. The van der Waals surface area contributed by atoms with E-state index in [2.05, 4.69) is 60.5 Å². The average molecular weight is 385 g/mol. The molecule has 27 heavy (non-hydrogen) atoms. The summed E-state index contributed by atoms with van der Waals surface area (Å²) in [4.78, 5) is 15.8. The van der Waals surface area contributed by atoms with Crippen molar-refractivity contribution in [2.45, 2.75) is 37.9 Å². The summed E-state index contributed by atoms with van der Waals surface area (Å²) in [5.74, 6) is 0.506. The lowest BCUT2D eigenvalue weighted by Crippen LogP contribution is -2.40. The Hall–Kier alpha value is -1.82. The first-order valence-electron chi connectivity index (χ1n) is 9.47. The van der Waals surface area contributed by atoms with E-state index in [-0.39, 0.29) is 5.91 Å². The van der Waals surface area contributed by atoms with Crippen LogP contribution in [0.1, 0.15) is 23.6 Å². The third kappa shape index (κ3) is 6.38. The van der Waals surface area contributed by atoms with Crippen molar-refractivity contribution in [3.8, 4) is 0 Å². The molecule has 1 saturated heterocycles. The quantitative estimate of drug-likeness (QED) is 0.741. The number of nitrogens with zero attached hydrogens (tertiary/aromatic N) is 1. The Balaban J connectivity index is 1.46. The first-order valence-corrected chi connectivity index (χ1v) is 10.5. The number of thioether (sulfide) groups is 1. The fraction of sp³-hybridized carbons (Fsp3) is 0.409. The molecule has 1 N–H and O–H groups in total. The number of hydrogen-bond donors (Lipinski definition) is 1. The highest BCUT2D eigenvalue weighted by Crippen LogP contribution is 2.21. The molecule has 0 spiro atoms. The number of rotatable bonds is 7. The van der Waals surface area contributed by atoms with E-state index in [1.165, 1.54) is 11.1 Å². The highest BCUT2D eigenvalue weighted by atomic mass is 32.2. The van der Waals surface area contributed by atoms with E-state index in [0.717, 1.165) is 36.7 Å². The summed E-state index contributed by atoms with van der Waals surface area (Å²) in [5.41, 5.74) is 3.63. The van der Waals surface area contributed by atoms with Crippen molar-refractivity contribution >= 4 is 17.7 Å². The minimum atomic E-state index is 0.0654. The summed E-state index contributed by atoms with van der Waals surface area (Å²) in [6.45, 7) is 8.43. The smallest absolute Gasteiger partial charge is 0.230 e. The Kier molecular flexibility index (Phi) is 7.33. The van der Waals surface area contributed by atoms with E-state index in [0.29, 0.717) is 18.4 Å². The van der Waals surface area contributed by atoms with Gasteiger partial charge in [0.15, 0.2) is 0 Å². The van der Waals surface area contributed by atoms with Crippen molar-refractivity contribution in [3.05, 3.63) is 65.2 Å². The van der Waals surface area contributed by atoms with Gasteiger partial charge in [-0.1, -0.05) is 42.5 Å². The van der Waals surface area contributed by atoms with Crippen LogP contribution in [0.2, 0.25) is 0 Å². The number of nitrogens with one attached hydrogen (secondary N) is 1. The lowest BCUT2D eigenvalue weighted by Gasteiger charge is -2.31. The van der Waals surface area contributed by atoms with Gasteiger partial charge in [-0.25, -0.2) is 0 Å². The van der Waals surface area contributed by atoms with Crippen molar-refractivity contribution in [2.24, 2.45) is 0 Å². The summed E-state index contributed by atoms with van der Waals surface area (Å²) in [6.07, 6.45) is 0.298. The maximum absolute atomic E-state index is 12.2. The van der Waals surface area contributed by atoms with E-state index in [1.54, 1.807) is 11.8 Å². The van der Waals surface area contributed by atoms with Crippen molar-refractivity contribution in [1.82, 2.24) is 10.2 Å². The summed E-state index contributed by atoms with van der Waals surface area (Å²) in [7, 11) is 0. The van der Waals surface area contributed by atoms with Crippen LogP contribution in [0.3, 0.4) is 0 Å². The Morgan fingerprint density at radius 3 is 2.85 bits per heavy atom. The van der Waals surface area contributed by atoms with Crippen LogP contribution in [0.4, 0.5) is 0 Å². The molecule has 2 aromatic rings. The maximum atomic E-state index is 12.2. The van der Waals surface area contributed by atoms with Crippen LogP contribution in [0.25, 0.3) is 0 Å². The van der Waals surface area contributed by atoms with Crippen LogP contribution >= 0.6 is 11.8 Å². The molecular weight excluding hydrogens is 356 g/mol. The highest BCUT2D eigenvalue weighted by Gasteiger charge is 2.16. The number of ether oxygens (including phenoxy) is 1. The van der Waals surface area contributed by atoms with Gasteiger partial charge in [-0.05, 0) is 36.6 Å². The molecule has 0 aliphatic carbocycles. The van der Waals surface area contributed by atoms with Gasteiger partial charge in [-0.2, -0.15) is 0 Å². The van der Waals surface area contributed by atoms with Crippen molar-refractivity contribution in [3.63, 3.8) is 0 Å². The number of benzene rings is 2. The molecule has 1 amide bonds. The monoisotopic (exact) mass is 384 g/mol. The topological polar surface area (TPSA) is 41.6 Å². The zero-order chi connectivity index (χ0) is 19.1. The zero-order valence-corrected chi connectivity index (χ0v) is 16.9. The van der Waals surface area contributed by atoms with Gasteiger partial charge in [-0.15, -0.1) is 11.8 Å². The molecule has 1 aliphatic heterocycles. The predicted molar refractivity (Wildman–Crippen MR) is 111 cm³/mol. The summed E-state index contributed by atoms with van der Waals surface area (Å²) < 4.78 is 5.61. The molecule has 0 aromatic heterocycles. The molecule has 1 heterocycles. The fourth-order valence-corrected chi connectivity index (χ4v) is 4.10. The van der Waals surface area contributed by atoms with Crippen LogP contribution in [0.5, 0.6) is 0 Å². The first-order chi connectivity index (χ1) is 13.1. The van der Waals surface area contributed by atoms with Gasteiger partial charge in [-0.3, -0.25) is 9.69 Å². The SMILES string of the molecule is Cc1ccccc1SCC(=O)NCc1cccc(CN2CCOC(C)C2)c1. The van der Waals surface area contributed by atoms with Crippen LogP contribution in [0.15, 0.2) is 53.4 Å². The second-order valence-electron chi connectivity index (χ2n) is 7.07. The van der Waals surface area contributed by atoms with E-state index in [4.69, 9.17) is 4.74 Å². The fourth-order valence-electron chi connectivity index (χ4n) is 3.24. The lowest BCUT2D eigenvalue weighted by molar-refractivity contribution is -0.118. The minimum Gasteiger partial charge on any atom is -0.376 e. The molecular formula is C22H28N2O2S. The second-order valence-corrected chi connectivity index (χ2v) is 8.08. The number of morpholine rings is 1. The molecule has 1 unspecified atom stereocenters. The number of carbonyl (C=O) groups is 1. The maximum Gasteiger partial charge on any atom is 0.230 e. The Morgan fingerprint density at radius 1 is 1.22 bits per heavy atom. The standard InChI is InChI=1S/C22H28N2O2S/c1-17-6-3-4-9-21(17)27-16-22(25)23-13-19-7-5-8-20(12-19)15-24-10-11-26-18(2)14-24/h3-9,12,18H,10-11,13-16H2,1-2H3,(H,23,25). The van der Waals surface area contributed by atoms with Gasteiger partial charge >= 0.3 is 0 Å². The number of hydrogen-bond acceptors (Lipinski definition) is 4. The van der Waals surface area contributed by atoms with Crippen LogP contribution < -0.4 is 5.32 Å². The average Bonchev–Trinajstić information content (AvgIpc) is 2.66. The molecule has 1 fully saturated rings. The molecule has 5 heteroatoms. The third-order valence-corrected chi connectivity index (χ3v) is 5.84. The second kappa shape index (κ2) is 9.93. The Bertz CT molecular complexity index is 765. The highest BCUT2D eigenvalue weighted by molar-refractivity contribution is 8.00. The van der Waals surface area contributed by atoms with E-state index in [9.17, 15) is 4.79 Å². The van der Waals surface area contributed by atoms with Crippen LogP contribution in [-0.2, 0) is 22.6 Å². The molecule has 4 nitrogen and oxygen atoms in total. The third-order valence-electron chi connectivity index (χ3n) is 4.66. The van der Waals surface area contributed by atoms with Crippen LogP contribution in [-0.4, -0.2) is 42.4 Å². The largest absolute Gasteiger partial charge is 0.376 e. The van der Waals surface area contributed by atoms with Gasteiger partial charge in [0.05, 0.1) is 18.5 Å². The molecule has 0 bridgehead atoms. The van der Waals surface area contributed by atoms with Crippen molar-refractivity contribution < 1.29 is 9.53 Å². The molecule has 3 rings (SSSR count). The molecule has 1 aliphatic rings. The van der Waals surface area contributed by atoms with E-state index < -0.39 is 0 Å². The van der Waals surface area contributed by atoms with Crippen molar-refractivity contribution in [1.29, 1.82) is 0 Å².